The highest BCUT2D eigenvalue weighted by Gasteiger charge is 2.19. The summed E-state index contributed by atoms with van der Waals surface area (Å²) in [6.45, 7) is 0. The number of ether oxygens (including phenoxy) is 1. The lowest BCUT2D eigenvalue weighted by atomic mass is 10.1. The van der Waals surface area contributed by atoms with Crippen LogP contribution in [0, 0.1) is 10.1 Å². The van der Waals surface area contributed by atoms with Gasteiger partial charge in [-0.1, -0.05) is 0 Å². The molecule has 1 aromatic carbocycles. The molecule has 0 spiro atoms. The van der Waals surface area contributed by atoms with Crippen LogP contribution in [0.4, 0.5) is 11.4 Å². The zero-order valence-corrected chi connectivity index (χ0v) is 13.1. The van der Waals surface area contributed by atoms with Gasteiger partial charge in [-0.25, -0.2) is 9.97 Å². The van der Waals surface area contributed by atoms with Gasteiger partial charge in [0.1, 0.15) is 5.69 Å². The van der Waals surface area contributed by atoms with Crippen molar-refractivity contribution < 1.29 is 14.5 Å². The molecule has 0 atom stereocenters. The van der Waals surface area contributed by atoms with Gasteiger partial charge in [-0.3, -0.25) is 14.9 Å². The summed E-state index contributed by atoms with van der Waals surface area (Å²) in [7, 11) is 1.49. The van der Waals surface area contributed by atoms with E-state index in [-0.39, 0.29) is 11.3 Å². The molecule has 0 fully saturated rings. The second-order valence-corrected chi connectivity index (χ2v) is 4.97. The van der Waals surface area contributed by atoms with E-state index < -0.39 is 10.8 Å². The van der Waals surface area contributed by atoms with Crippen molar-refractivity contribution in [3.63, 3.8) is 0 Å². The van der Waals surface area contributed by atoms with Crippen LogP contribution in [-0.2, 0) is 0 Å². The number of hydrogen-bond acceptors (Lipinski definition) is 6. The lowest BCUT2D eigenvalue weighted by molar-refractivity contribution is -0.384. The van der Waals surface area contributed by atoms with Crippen molar-refractivity contribution in [2.24, 2.45) is 0 Å². The molecule has 25 heavy (non-hydrogen) atoms. The number of nitro groups is 1. The van der Waals surface area contributed by atoms with Gasteiger partial charge >= 0.3 is 0 Å². The number of hydrogen-bond donors (Lipinski definition) is 1. The molecule has 3 rings (SSSR count). The first-order chi connectivity index (χ1) is 12.1. The first-order valence-corrected chi connectivity index (χ1v) is 7.16. The Labute approximate surface area is 142 Å². The number of nitro benzene ring substituents is 1. The van der Waals surface area contributed by atoms with Crippen LogP contribution in [0.1, 0.15) is 10.4 Å². The normalized spacial score (nSPS) is 10.3. The summed E-state index contributed by atoms with van der Waals surface area (Å²) in [6.07, 6.45) is 5.99. The number of rotatable bonds is 5. The summed E-state index contributed by atoms with van der Waals surface area (Å²) in [5.41, 5.74) is 0.738. The second-order valence-electron chi connectivity index (χ2n) is 4.97. The molecule has 0 aliphatic rings. The van der Waals surface area contributed by atoms with Crippen LogP contribution < -0.4 is 10.1 Å². The fraction of sp³-hybridized carbons (Fsp3) is 0.0625. The van der Waals surface area contributed by atoms with Crippen molar-refractivity contribution in [3.8, 4) is 11.6 Å². The van der Waals surface area contributed by atoms with Crippen molar-refractivity contribution in [1.29, 1.82) is 0 Å². The van der Waals surface area contributed by atoms with Crippen LogP contribution in [0.15, 0.2) is 55.2 Å². The van der Waals surface area contributed by atoms with E-state index in [4.69, 9.17) is 4.74 Å². The monoisotopic (exact) mass is 339 g/mol. The van der Waals surface area contributed by atoms with Crippen molar-refractivity contribution in [1.82, 2.24) is 14.5 Å². The molecule has 0 bridgehead atoms. The third-order valence-electron chi connectivity index (χ3n) is 3.42. The Hall–Kier alpha value is -3.75. The average molecular weight is 339 g/mol. The Morgan fingerprint density at radius 1 is 1.32 bits per heavy atom. The number of nitrogens with one attached hydrogen (secondary N) is 1. The fourth-order valence-corrected chi connectivity index (χ4v) is 2.21. The number of benzene rings is 1. The van der Waals surface area contributed by atoms with Gasteiger partial charge < -0.3 is 14.6 Å². The van der Waals surface area contributed by atoms with Crippen LogP contribution in [0.25, 0.3) is 5.69 Å². The Bertz CT molecular complexity index is 907. The highest BCUT2D eigenvalue weighted by molar-refractivity contribution is 6.04. The zero-order chi connectivity index (χ0) is 17.8. The number of nitrogens with zero attached hydrogens (tertiary/aromatic N) is 4. The largest absolute Gasteiger partial charge is 0.481 e. The number of carbonyl (C=O) groups excluding carboxylic acids is 1. The van der Waals surface area contributed by atoms with E-state index in [2.05, 4.69) is 15.3 Å². The molecular weight excluding hydrogens is 326 g/mol. The van der Waals surface area contributed by atoms with E-state index in [1.165, 1.54) is 48.6 Å². The van der Waals surface area contributed by atoms with Gasteiger partial charge in [-0.05, 0) is 18.2 Å². The summed E-state index contributed by atoms with van der Waals surface area (Å²) in [5.74, 6) is -0.0643. The van der Waals surface area contributed by atoms with Gasteiger partial charge in [0.2, 0.25) is 5.88 Å². The van der Waals surface area contributed by atoms with Gasteiger partial charge in [0.05, 0.1) is 30.2 Å². The van der Waals surface area contributed by atoms with Crippen LogP contribution in [0.2, 0.25) is 0 Å². The van der Waals surface area contributed by atoms with E-state index in [9.17, 15) is 14.9 Å². The van der Waals surface area contributed by atoms with Crippen molar-refractivity contribution in [2.75, 3.05) is 12.4 Å². The summed E-state index contributed by atoms with van der Waals surface area (Å²) in [6, 6.07) is 7.45. The van der Waals surface area contributed by atoms with Crippen molar-refractivity contribution in [3.05, 3.63) is 70.9 Å². The number of methoxy groups -OCH3 is 1. The van der Waals surface area contributed by atoms with Gasteiger partial charge in [-0.2, -0.15) is 0 Å². The third-order valence-corrected chi connectivity index (χ3v) is 3.42. The van der Waals surface area contributed by atoms with E-state index >= 15 is 0 Å². The smallest absolute Gasteiger partial charge is 0.294 e. The Morgan fingerprint density at radius 2 is 2.16 bits per heavy atom. The lowest BCUT2D eigenvalue weighted by Crippen LogP contribution is -2.13. The number of pyridine rings is 1. The highest BCUT2D eigenvalue weighted by Crippen LogP contribution is 2.24. The number of anilines is 1. The fourth-order valence-electron chi connectivity index (χ4n) is 2.21. The van der Waals surface area contributed by atoms with E-state index in [1.807, 2.05) is 0 Å². The Kier molecular flexibility index (Phi) is 4.38. The maximum absolute atomic E-state index is 12.3. The highest BCUT2D eigenvalue weighted by atomic mass is 16.6. The molecular formula is C16H13N5O4. The zero-order valence-electron chi connectivity index (χ0n) is 13.1. The molecule has 9 heteroatoms. The summed E-state index contributed by atoms with van der Waals surface area (Å²) in [5, 5.41) is 14.0. The van der Waals surface area contributed by atoms with Crippen LogP contribution in [0.3, 0.4) is 0 Å². The van der Waals surface area contributed by atoms with Gasteiger partial charge in [-0.15, -0.1) is 0 Å². The summed E-state index contributed by atoms with van der Waals surface area (Å²) >= 11 is 0. The molecule has 0 aliphatic heterocycles. The van der Waals surface area contributed by atoms with Gasteiger partial charge in [0.25, 0.3) is 11.6 Å². The van der Waals surface area contributed by atoms with Gasteiger partial charge in [0.15, 0.2) is 0 Å². The minimum absolute atomic E-state index is 0.159. The molecule has 9 nitrogen and oxygen atoms in total. The molecule has 0 saturated heterocycles. The molecule has 1 N–H and O–H groups in total. The second kappa shape index (κ2) is 6.79. The molecule has 0 radical (unpaired) electrons. The van der Waals surface area contributed by atoms with Crippen LogP contribution >= 0.6 is 0 Å². The lowest BCUT2D eigenvalue weighted by Gasteiger charge is -2.08. The molecule has 3 aromatic rings. The molecule has 126 valence electrons. The number of carbonyl (C=O) groups is 1. The van der Waals surface area contributed by atoms with Crippen LogP contribution in [-0.4, -0.2) is 32.5 Å². The molecule has 0 aliphatic carbocycles. The standard InChI is InChI=1S/C16H13N5O4/c1-25-15-5-3-12(9-18-15)19-16(22)11-2-4-13(14(8-11)21(23)24)20-7-6-17-10-20/h2-10H,1H3,(H,19,22). The summed E-state index contributed by atoms with van der Waals surface area (Å²) < 4.78 is 6.45. The average Bonchev–Trinajstić information content (AvgIpc) is 3.16. The Balaban J connectivity index is 1.87. The number of aromatic nitrogens is 3. The van der Waals surface area contributed by atoms with Gasteiger partial charge in [0, 0.05) is 30.1 Å². The van der Waals surface area contributed by atoms with Crippen molar-refractivity contribution in [2.45, 2.75) is 0 Å². The van der Waals surface area contributed by atoms with E-state index in [0.717, 1.165) is 0 Å². The number of amides is 1. The Morgan fingerprint density at radius 3 is 2.76 bits per heavy atom. The topological polar surface area (TPSA) is 112 Å². The maximum Gasteiger partial charge on any atom is 0.294 e. The quantitative estimate of drug-likeness (QED) is 0.564. The van der Waals surface area contributed by atoms with E-state index in [1.54, 1.807) is 18.3 Å². The maximum atomic E-state index is 12.3. The summed E-state index contributed by atoms with van der Waals surface area (Å²) in [4.78, 5) is 31.0. The third kappa shape index (κ3) is 3.44. The predicted molar refractivity (Wildman–Crippen MR) is 89.0 cm³/mol. The molecule has 0 saturated carbocycles. The predicted octanol–water partition coefficient (Wildman–Crippen LogP) is 2.44. The first kappa shape index (κ1) is 16.1. The van der Waals surface area contributed by atoms with Crippen LogP contribution in [0.5, 0.6) is 5.88 Å². The molecule has 2 aromatic heterocycles. The van der Waals surface area contributed by atoms with Crippen molar-refractivity contribution >= 4 is 17.3 Å². The molecule has 2 heterocycles. The minimum atomic E-state index is -0.541. The molecule has 1 amide bonds. The number of imidazole rings is 1. The SMILES string of the molecule is COc1ccc(NC(=O)c2ccc(-n3ccnc3)c([N+](=O)[O-])c2)cn1. The first-order valence-electron chi connectivity index (χ1n) is 7.16. The molecule has 0 unspecified atom stereocenters. The minimum Gasteiger partial charge on any atom is -0.481 e. The van der Waals surface area contributed by atoms with E-state index in [0.29, 0.717) is 17.3 Å².